The Labute approximate surface area is 111 Å². The molecule has 1 aromatic heterocycles. The zero-order valence-corrected chi connectivity index (χ0v) is 11.0. The summed E-state index contributed by atoms with van der Waals surface area (Å²) in [6.07, 6.45) is 2.29. The highest BCUT2D eigenvalue weighted by molar-refractivity contribution is 5.91. The summed E-state index contributed by atoms with van der Waals surface area (Å²) in [5.41, 5.74) is 1.38. The van der Waals surface area contributed by atoms with Crippen LogP contribution in [0.1, 0.15) is 16.1 Å². The molecular weight excluding hydrogens is 244 g/mol. The maximum absolute atomic E-state index is 11.7. The normalized spacial score (nSPS) is 10.2. The van der Waals surface area contributed by atoms with Crippen molar-refractivity contribution in [3.63, 3.8) is 0 Å². The van der Waals surface area contributed by atoms with Crippen molar-refractivity contribution < 1.29 is 9.53 Å². The van der Waals surface area contributed by atoms with E-state index in [1.54, 1.807) is 20.4 Å². The quantitative estimate of drug-likeness (QED) is 0.863. The van der Waals surface area contributed by atoms with Crippen molar-refractivity contribution in [1.82, 2.24) is 20.3 Å². The molecule has 0 fully saturated rings. The van der Waals surface area contributed by atoms with Crippen LogP contribution >= 0.6 is 0 Å². The van der Waals surface area contributed by atoms with Crippen LogP contribution in [0.4, 0.5) is 0 Å². The molecule has 0 aliphatic heterocycles. The van der Waals surface area contributed by atoms with Gasteiger partial charge in [-0.05, 0) is 18.1 Å². The van der Waals surface area contributed by atoms with Gasteiger partial charge in [0.15, 0.2) is 5.69 Å². The maximum atomic E-state index is 11.7. The van der Waals surface area contributed by atoms with E-state index in [0.29, 0.717) is 18.7 Å². The molecule has 2 rings (SSSR count). The number of nitrogens with one attached hydrogen (secondary N) is 1. The number of hydrogen-bond donors (Lipinski definition) is 1. The van der Waals surface area contributed by atoms with Crippen LogP contribution in [-0.4, -0.2) is 34.6 Å². The highest BCUT2D eigenvalue weighted by Crippen LogP contribution is 2.17. The van der Waals surface area contributed by atoms with Crippen molar-refractivity contribution in [1.29, 1.82) is 0 Å². The molecule has 6 nitrogen and oxygen atoms in total. The molecule has 1 N–H and O–H groups in total. The lowest BCUT2D eigenvalue weighted by atomic mass is 10.1. The Kier molecular flexibility index (Phi) is 4.12. The van der Waals surface area contributed by atoms with E-state index in [1.165, 1.54) is 4.68 Å². The molecule has 0 aliphatic rings. The molecule has 0 bridgehead atoms. The lowest BCUT2D eigenvalue weighted by Gasteiger charge is -2.08. The molecule has 2 aromatic rings. The summed E-state index contributed by atoms with van der Waals surface area (Å²) in [4.78, 5) is 11.7. The van der Waals surface area contributed by atoms with Gasteiger partial charge in [-0.25, -0.2) is 0 Å². The summed E-state index contributed by atoms with van der Waals surface area (Å²) in [6.45, 7) is 0.524. The molecule has 0 unspecified atom stereocenters. The van der Waals surface area contributed by atoms with Crippen LogP contribution in [0.5, 0.6) is 5.75 Å². The molecule has 1 aromatic carbocycles. The van der Waals surface area contributed by atoms with E-state index >= 15 is 0 Å². The number of amides is 1. The molecule has 0 atom stereocenters. The van der Waals surface area contributed by atoms with Crippen LogP contribution in [0.25, 0.3) is 0 Å². The van der Waals surface area contributed by atoms with E-state index in [-0.39, 0.29) is 5.91 Å². The first-order valence-electron chi connectivity index (χ1n) is 5.97. The molecule has 1 amide bonds. The predicted molar refractivity (Wildman–Crippen MR) is 70.0 cm³/mol. The van der Waals surface area contributed by atoms with Crippen molar-refractivity contribution in [2.75, 3.05) is 13.7 Å². The third-order valence-corrected chi connectivity index (χ3v) is 2.71. The minimum absolute atomic E-state index is 0.219. The number of nitrogens with zero attached hydrogens (tertiary/aromatic N) is 3. The minimum Gasteiger partial charge on any atom is -0.496 e. The molecule has 0 aliphatic carbocycles. The summed E-state index contributed by atoms with van der Waals surface area (Å²) < 4.78 is 6.75. The monoisotopic (exact) mass is 260 g/mol. The highest BCUT2D eigenvalue weighted by Gasteiger charge is 2.09. The zero-order valence-electron chi connectivity index (χ0n) is 11.0. The number of carbonyl (C=O) groups is 1. The number of methoxy groups -OCH3 is 1. The smallest absolute Gasteiger partial charge is 0.273 e. The van der Waals surface area contributed by atoms with Gasteiger partial charge < -0.3 is 10.1 Å². The Bertz CT molecular complexity index is 565. The van der Waals surface area contributed by atoms with E-state index in [9.17, 15) is 4.79 Å². The van der Waals surface area contributed by atoms with Crippen LogP contribution < -0.4 is 10.1 Å². The van der Waals surface area contributed by atoms with Crippen molar-refractivity contribution in [2.45, 2.75) is 6.42 Å². The van der Waals surface area contributed by atoms with Crippen LogP contribution in [0.15, 0.2) is 30.5 Å². The lowest BCUT2D eigenvalue weighted by molar-refractivity contribution is 0.0949. The summed E-state index contributed by atoms with van der Waals surface area (Å²) in [6, 6.07) is 7.75. The van der Waals surface area contributed by atoms with Gasteiger partial charge in [0.1, 0.15) is 5.75 Å². The van der Waals surface area contributed by atoms with E-state index < -0.39 is 0 Å². The fourth-order valence-corrected chi connectivity index (χ4v) is 1.76. The Hall–Kier alpha value is -2.37. The summed E-state index contributed by atoms with van der Waals surface area (Å²) >= 11 is 0. The SMILES string of the molecule is COc1ccccc1CCNC(=O)c1cn(C)nn1. The number of rotatable bonds is 5. The standard InChI is InChI=1S/C13H16N4O2/c1-17-9-11(15-16-17)13(18)14-8-7-10-5-3-4-6-12(10)19-2/h3-6,9H,7-8H2,1-2H3,(H,14,18). The average molecular weight is 260 g/mol. The Balaban J connectivity index is 1.88. The lowest BCUT2D eigenvalue weighted by Crippen LogP contribution is -2.26. The fourth-order valence-electron chi connectivity index (χ4n) is 1.76. The Morgan fingerprint density at radius 3 is 2.89 bits per heavy atom. The molecule has 1 heterocycles. The fraction of sp³-hybridized carbons (Fsp3) is 0.308. The van der Waals surface area contributed by atoms with Crippen LogP contribution in [0.2, 0.25) is 0 Å². The van der Waals surface area contributed by atoms with Crippen LogP contribution in [-0.2, 0) is 13.5 Å². The van der Waals surface area contributed by atoms with Gasteiger partial charge in [0.05, 0.1) is 13.3 Å². The van der Waals surface area contributed by atoms with Crippen molar-refractivity contribution in [3.05, 3.63) is 41.7 Å². The van der Waals surface area contributed by atoms with E-state index in [1.807, 2.05) is 24.3 Å². The van der Waals surface area contributed by atoms with Gasteiger partial charge in [-0.3, -0.25) is 9.48 Å². The first-order chi connectivity index (χ1) is 9.20. The topological polar surface area (TPSA) is 69.0 Å². The number of aromatic nitrogens is 3. The molecule has 19 heavy (non-hydrogen) atoms. The molecule has 0 saturated carbocycles. The third kappa shape index (κ3) is 3.31. The van der Waals surface area contributed by atoms with Crippen molar-refractivity contribution in [2.24, 2.45) is 7.05 Å². The predicted octanol–water partition coefficient (Wildman–Crippen LogP) is 0.796. The number of aryl methyl sites for hydroxylation is 1. The largest absolute Gasteiger partial charge is 0.496 e. The number of hydrogen-bond acceptors (Lipinski definition) is 4. The second-order valence-electron chi connectivity index (χ2n) is 4.10. The number of para-hydroxylation sites is 1. The average Bonchev–Trinajstić information content (AvgIpc) is 2.86. The van der Waals surface area contributed by atoms with Gasteiger partial charge in [-0.2, -0.15) is 0 Å². The molecule has 0 saturated heterocycles. The Morgan fingerprint density at radius 1 is 1.42 bits per heavy atom. The molecule has 100 valence electrons. The van der Waals surface area contributed by atoms with Gasteiger partial charge >= 0.3 is 0 Å². The molecule has 6 heteroatoms. The van der Waals surface area contributed by atoms with Crippen LogP contribution in [0, 0.1) is 0 Å². The second kappa shape index (κ2) is 5.99. The molecule has 0 radical (unpaired) electrons. The van der Waals surface area contributed by atoms with Gasteiger partial charge in [0, 0.05) is 13.6 Å². The van der Waals surface area contributed by atoms with E-state index in [4.69, 9.17) is 4.74 Å². The minimum atomic E-state index is -0.219. The number of ether oxygens (including phenoxy) is 1. The van der Waals surface area contributed by atoms with E-state index in [0.717, 1.165) is 11.3 Å². The molecular formula is C13H16N4O2. The zero-order chi connectivity index (χ0) is 13.7. The van der Waals surface area contributed by atoms with Gasteiger partial charge in [-0.15, -0.1) is 5.10 Å². The van der Waals surface area contributed by atoms with Gasteiger partial charge in [0.25, 0.3) is 5.91 Å². The number of carbonyl (C=O) groups excluding carboxylic acids is 1. The summed E-state index contributed by atoms with van der Waals surface area (Å²) in [5, 5.41) is 10.3. The maximum Gasteiger partial charge on any atom is 0.273 e. The van der Waals surface area contributed by atoms with Gasteiger partial charge in [0.2, 0.25) is 0 Å². The Morgan fingerprint density at radius 2 is 2.21 bits per heavy atom. The summed E-state index contributed by atoms with van der Waals surface area (Å²) in [7, 11) is 3.36. The highest BCUT2D eigenvalue weighted by atomic mass is 16.5. The third-order valence-electron chi connectivity index (χ3n) is 2.71. The van der Waals surface area contributed by atoms with Gasteiger partial charge in [-0.1, -0.05) is 23.4 Å². The van der Waals surface area contributed by atoms with Crippen molar-refractivity contribution >= 4 is 5.91 Å². The first kappa shape index (κ1) is 13.1. The first-order valence-corrected chi connectivity index (χ1v) is 5.97. The van der Waals surface area contributed by atoms with Crippen molar-refractivity contribution in [3.8, 4) is 5.75 Å². The molecule has 0 spiro atoms. The van der Waals surface area contributed by atoms with Crippen LogP contribution in [0.3, 0.4) is 0 Å². The number of benzene rings is 1. The second-order valence-corrected chi connectivity index (χ2v) is 4.10. The van der Waals surface area contributed by atoms with E-state index in [2.05, 4.69) is 15.6 Å². The summed E-state index contributed by atoms with van der Waals surface area (Å²) in [5.74, 6) is 0.610.